The van der Waals surface area contributed by atoms with Crippen LogP contribution in [-0.4, -0.2) is 30.7 Å². The van der Waals surface area contributed by atoms with Gasteiger partial charge >= 0.3 is 0 Å². The molecule has 2 aromatic rings. The Hall–Kier alpha value is -1.61. The maximum absolute atomic E-state index is 4.85. The molecule has 0 saturated heterocycles. The average Bonchev–Trinajstić information content (AvgIpc) is 2.78. The van der Waals surface area contributed by atoms with Gasteiger partial charge in [0.1, 0.15) is 5.82 Å². The van der Waals surface area contributed by atoms with Gasteiger partial charge in [-0.25, -0.2) is 4.98 Å². The summed E-state index contributed by atoms with van der Waals surface area (Å²) in [6.45, 7) is 6.52. The number of para-hydroxylation sites is 1. The van der Waals surface area contributed by atoms with Crippen molar-refractivity contribution in [3.05, 3.63) is 35.9 Å². The van der Waals surface area contributed by atoms with Crippen LogP contribution >= 0.6 is 0 Å². The second-order valence-corrected chi connectivity index (χ2v) is 5.97. The highest BCUT2D eigenvalue weighted by atomic mass is 15.2. The molecule has 3 heteroatoms. The predicted molar refractivity (Wildman–Crippen MR) is 80.8 cm³/mol. The normalized spacial score (nSPS) is 15.0. The molecule has 0 unspecified atom stereocenters. The van der Waals surface area contributed by atoms with Gasteiger partial charge in [0.25, 0.3) is 0 Å². The summed E-state index contributed by atoms with van der Waals surface area (Å²) in [4.78, 5) is 7.25. The summed E-state index contributed by atoms with van der Waals surface area (Å²) in [5, 5.41) is 4.61. The van der Waals surface area contributed by atoms with E-state index in [1.165, 1.54) is 16.8 Å². The summed E-state index contributed by atoms with van der Waals surface area (Å²) in [7, 11) is 2.02. The lowest BCUT2D eigenvalue weighted by molar-refractivity contribution is 0.423. The van der Waals surface area contributed by atoms with Crippen LogP contribution in [0.4, 0.5) is 5.82 Å². The number of fused-ring (bicyclic) bond motifs is 2. The van der Waals surface area contributed by atoms with Crippen molar-refractivity contribution in [1.82, 2.24) is 10.3 Å². The Morgan fingerprint density at radius 2 is 2.11 bits per heavy atom. The van der Waals surface area contributed by atoms with Crippen molar-refractivity contribution in [2.45, 2.75) is 25.8 Å². The SMILES string of the molecule is CNC(C)(C)CN1CCc2cc3ccccc3nc21. The van der Waals surface area contributed by atoms with Crippen molar-refractivity contribution in [2.75, 3.05) is 25.0 Å². The average molecular weight is 255 g/mol. The Kier molecular flexibility index (Phi) is 2.94. The molecule has 1 aliphatic heterocycles. The Labute approximate surface area is 114 Å². The molecule has 1 aromatic carbocycles. The monoisotopic (exact) mass is 255 g/mol. The van der Waals surface area contributed by atoms with Gasteiger partial charge < -0.3 is 10.2 Å². The number of benzene rings is 1. The van der Waals surface area contributed by atoms with Gasteiger partial charge in [0.05, 0.1) is 5.52 Å². The standard InChI is InChI=1S/C16H21N3/c1-16(2,17-3)11-19-9-8-13-10-12-6-4-5-7-14(12)18-15(13)19/h4-7,10,17H,8-9,11H2,1-3H3. The highest BCUT2D eigenvalue weighted by molar-refractivity contribution is 5.82. The number of anilines is 1. The fourth-order valence-corrected chi connectivity index (χ4v) is 2.68. The molecule has 19 heavy (non-hydrogen) atoms. The van der Waals surface area contributed by atoms with Crippen LogP contribution in [-0.2, 0) is 6.42 Å². The maximum Gasteiger partial charge on any atom is 0.132 e. The third-order valence-corrected chi connectivity index (χ3v) is 3.99. The first-order valence-corrected chi connectivity index (χ1v) is 6.92. The second-order valence-electron chi connectivity index (χ2n) is 5.97. The maximum atomic E-state index is 4.85. The van der Waals surface area contributed by atoms with E-state index in [2.05, 4.69) is 54.4 Å². The van der Waals surface area contributed by atoms with E-state index >= 15 is 0 Å². The Bertz CT molecular complexity index is 604. The quantitative estimate of drug-likeness (QED) is 0.913. The fraction of sp³-hybridized carbons (Fsp3) is 0.438. The lowest BCUT2D eigenvalue weighted by Gasteiger charge is -2.31. The molecule has 1 aliphatic rings. The molecule has 3 nitrogen and oxygen atoms in total. The van der Waals surface area contributed by atoms with E-state index < -0.39 is 0 Å². The molecule has 0 aliphatic carbocycles. The van der Waals surface area contributed by atoms with E-state index in [0.717, 1.165) is 25.0 Å². The number of pyridine rings is 1. The van der Waals surface area contributed by atoms with Crippen molar-refractivity contribution < 1.29 is 0 Å². The summed E-state index contributed by atoms with van der Waals surface area (Å²) in [6, 6.07) is 10.7. The van der Waals surface area contributed by atoms with Crippen molar-refractivity contribution >= 4 is 16.7 Å². The van der Waals surface area contributed by atoms with Crippen LogP contribution < -0.4 is 10.2 Å². The van der Waals surface area contributed by atoms with E-state index in [-0.39, 0.29) is 5.54 Å². The van der Waals surface area contributed by atoms with Crippen molar-refractivity contribution in [2.24, 2.45) is 0 Å². The van der Waals surface area contributed by atoms with E-state index in [4.69, 9.17) is 4.98 Å². The van der Waals surface area contributed by atoms with Crippen molar-refractivity contribution in [3.8, 4) is 0 Å². The summed E-state index contributed by atoms with van der Waals surface area (Å²) < 4.78 is 0. The van der Waals surface area contributed by atoms with Crippen LogP contribution in [0.1, 0.15) is 19.4 Å². The second kappa shape index (κ2) is 4.49. The van der Waals surface area contributed by atoms with Crippen LogP contribution in [0.15, 0.2) is 30.3 Å². The third-order valence-electron chi connectivity index (χ3n) is 3.99. The molecule has 0 saturated carbocycles. The highest BCUT2D eigenvalue weighted by Crippen LogP contribution is 2.30. The molecule has 100 valence electrons. The number of hydrogen-bond acceptors (Lipinski definition) is 3. The zero-order valence-electron chi connectivity index (χ0n) is 11.9. The van der Waals surface area contributed by atoms with Gasteiger partial charge in [-0.2, -0.15) is 0 Å². The highest BCUT2D eigenvalue weighted by Gasteiger charge is 2.26. The number of likely N-dealkylation sites (N-methyl/N-ethyl adjacent to an activating group) is 1. The fourth-order valence-electron chi connectivity index (χ4n) is 2.68. The zero-order valence-corrected chi connectivity index (χ0v) is 11.9. The molecule has 1 aromatic heterocycles. The molecule has 2 heterocycles. The van der Waals surface area contributed by atoms with Gasteiger partial charge in [0, 0.05) is 24.0 Å². The van der Waals surface area contributed by atoms with E-state index in [1.807, 2.05) is 7.05 Å². The van der Waals surface area contributed by atoms with Gasteiger partial charge in [-0.1, -0.05) is 18.2 Å². The lowest BCUT2D eigenvalue weighted by atomic mass is 10.1. The first-order valence-electron chi connectivity index (χ1n) is 6.92. The number of nitrogens with zero attached hydrogens (tertiary/aromatic N) is 2. The van der Waals surface area contributed by atoms with Crippen LogP contribution in [0, 0.1) is 0 Å². The summed E-state index contributed by atoms with van der Waals surface area (Å²) in [5.41, 5.74) is 2.58. The van der Waals surface area contributed by atoms with Gasteiger partial charge in [0.2, 0.25) is 0 Å². The topological polar surface area (TPSA) is 28.2 Å². The van der Waals surface area contributed by atoms with Crippen LogP contribution in [0.3, 0.4) is 0 Å². The first-order chi connectivity index (χ1) is 9.09. The molecule has 0 fully saturated rings. The Balaban J connectivity index is 1.98. The molecule has 0 amide bonds. The Morgan fingerprint density at radius 1 is 1.32 bits per heavy atom. The van der Waals surface area contributed by atoms with Crippen LogP contribution in [0.5, 0.6) is 0 Å². The van der Waals surface area contributed by atoms with Gasteiger partial charge in [-0.3, -0.25) is 0 Å². The molecule has 1 N–H and O–H groups in total. The van der Waals surface area contributed by atoms with Crippen LogP contribution in [0.25, 0.3) is 10.9 Å². The summed E-state index contributed by atoms with van der Waals surface area (Å²) in [6.07, 6.45) is 1.10. The third kappa shape index (κ3) is 2.30. The van der Waals surface area contributed by atoms with E-state index in [9.17, 15) is 0 Å². The number of nitrogens with one attached hydrogen (secondary N) is 1. The predicted octanol–water partition coefficient (Wildman–Crippen LogP) is 2.60. The molecule has 3 rings (SSSR count). The van der Waals surface area contributed by atoms with E-state index in [1.54, 1.807) is 0 Å². The van der Waals surface area contributed by atoms with Crippen LogP contribution in [0.2, 0.25) is 0 Å². The Morgan fingerprint density at radius 3 is 2.89 bits per heavy atom. The molecule has 0 bridgehead atoms. The minimum Gasteiger partial charge on any atom is -0.354 e. The van der Waals surface area contributed by atoms with Crippen molar-refractivity contribution in [1.29, 1.82) is 0 Å². The van der Waals surface area contributed by atoms with Gasteiger partial charge in [-0.15, -0.1) is 0 Å². The van der Waals surface area contributed by atoms with Gasteiger partial charge in [0.15, 0.2) is 0 Å². The molecule has 0 radical (unpaired) electrons. The minimum absolute atomic E-state index is 0.106. The lowest BCUT2D eigenvalue weighted by Crippen LogP contribution is -2.47. The minimum atomic E-state index is 0.106. The number of hydrogen-bond donors (Lipinski definition) is 1. The van der Waals surface area contributed by atoms with Gasteiger partial charge in [-0.05, 0) is 45.0 Å². The van der Waals surface area contributed by atoms with Crippen molar-refractivity contribution in [3.63, 3.8) is 0 Å². The molecule has 0 spiro atoms. The zero-order chi connectivity index (χ0) is 13.5. The molecular weight excluding hydrogens is 234 g/mol. The summed E-state index contributed by atoms with van der Waals surface area (Å²) >= 11 is 0. The smallest absolute Gasteiger partial charge is 0.132 e. The van der Waals surface area contributed by atoms with E-state index in [0.29, 0.717) is 0 Å². The largest absolute Gasteiger partial charge is 0.354 e. The number of rotatable bonds is 3. The first kappa shape index (κ1) is 12.4. The molecular formula is C16H21N3. The number of aromatic nitrogens is 1. The summed E-state index contributed by atoms with van der Waals surface area (Å²) in [5.74, 6) is 1.17. The molecule has 0 atom stereocenters.